The minimum atomic E-state index is -4.57. The van der Waals surface area contributed by atoms with Gasteiger partial charge in [0.15, 0.2) is 0 Å². The molecule has 0 saturated heterocycles. The first-order valence-corrected chi connectivity index (χ1v) is 5.31. The standard InChI is InChI=1S/C10H7ClF3N3O.ClH/c1-15-8-9(18)17-6-2-4(10(12,13)14)5(11)3-7(6)16-8;/h2-3H,1H3,(H,15,16)(H,17,18);1H. The molecule has 0 amide bonds. The quantitative estimate of drug-likeness (QED) is 0.668. The molecule has 104 valence electrons. The first-order chi connectivity index (χ1) is 8.32. The molecule has 0 unspecified atom stereocenters. The molecule has 1 heterocycles. The fourth-order valence-electron chi connectivity index (χ4n) is 1.54. The topological polar surface area (TPSA) is 62.4 Å². The minimum Gasteiger partial charge on any atom is -1.00 e. The number of nitrogens with two attached hydrogens (primary N) is 1. The Morgan fingerprint density at radius 1 is 1.37 bits per heavy atom. The van der Waals surface area contributed by atoms with Crippen LogP contribution in [0, 0.1) is 0 Å². The van der Waals surface area contributed by atoms with Gasteiger partial charge in [-0.1, -0.05) is 11.6 Å². The second-order valence-corrected chi connectivity index (χ2v) is 3.99. The van der Waals surface area contributed by atoms with Crippen molar-refractivity contribution >= 4 is 28.5 Å². The molecule has 4 nitrogen and oxygen atoms in total. The van der Waals surface area contributed by atoms with Gasteiger partial charge in [-0.2, -0.15) is 18.2 Å². The van der Waals surface area contributed by atoms with Crippen LogP contribution in [0.2, 0.25) is 5.02 Å². The lowest BCUT2D eigenvalue weighted by Crippen LogP contribution is -3.00. The first-order valence-electron chi connectivity index (χ1n) is 4.93. The van der Waals surface area contributed by atoms with Crippen LogP contribution in [0.5, 0.6) is 0 Å². The molecule has 2 aromatic rings. The summed E-state index contributed by atoms with van der Waals surface area (Å²) in [6.45, 7) is 0. The SMILES string of the molecule is C[NH2+]c1nc2cc(Cl)c(C(F)(F)F)cc2[nH]c1=O.[Cl-]. The second kappa shape index (κ2) is 5.36. The first kappa shape index (κ1) is 15.7. The van der Waals surface area contributed by atoms with E-state index in [9.17, 15) is 18.0 Å². The number of rotatable bonds is 1. The molecular weight excluding hydrogens is 306 g/mol. The molecule has 2 rings (SSSR count). The summed E-state index contributed by atoms with van der Waals surface area (Å²) in [7, 11) is 1.61. The van der Waals surface area contributed by atoms with Gasteiger partial charge in [-0.05, 0) is 12.1 Å². The van der Waals surface area contributed by atoms with Gasteiger partial charge in [-0.15, -0.1) is 0 Å². The molecule has 9 heteroatoms. The van der Waals surface area contributed by atoms with Crippen molar-refractivity contribution in [1.29, 1.82) is 0 Å². The zero-order valence-corrected chi connectivity index (χ0v) is 11.0. The summed E-state index contributed by atoms with van der Waals surface area (Å²) in [6, 6.07) is 1.87. The van der Waals surface area contributed by atoms with Crippen molar-refractivity contribution in [3.05, 3.63) is 33.1 Å². The molecule has 0 radical (unpaired) electrons. The van der Waals surface area contributed by atoms with Crippen molar-refractivity contribution < 1.29 is 30.9 Å². The van der Waals surface area contributed by atoms with Crippen molar-refractivity contribution in [2.24, 2.45) is 0 Å². The van der Waals surface area contributed by atoms with E-state index in [1.165, 1.54) is 5.32 Å². The number of quaternary nitrogens is 1. The molecule has 1 aromatic carbocycles. The monoisotopic (exact) mass is 313 g/mol. The van der Waals surface area contributed by atoms with Crippen molar-refractivity contribution in [2.45, 2.75) is 6.18 Å². The highest BCUT2D eigenvalue weighted by molar-refractivity contribution is 6.32. The van der Waals surface area contributed by atoms with E-state index in [0.29, 0.717) is 0 Å². The van der Waals surface area contributed by atoms with Crippen LogP contribution < -0.4 is 23.3 Å². The van der Waals surface area contributed by atoms with Gasteiger partial charge in [0, 0.05) is 0 Å². The largest absolute Gasteiger partial charge is 1.00 e. The highest BCUT2D eigenvalue weighted by Gasteiger charge is 2.33. The Morgan fingerprint density at radius 2 is 2.00 bits per heavy atom. The van der Waals surface area contributed by atoms with Crippen molar-refractivity contribution in [2.75, 3.05) is 7.05 Å². The number of H-pyrrole nitrogens is 1. The van der Waals surface area contributed by atoms with E-state index in [4.69, 9.17) is 11.6 Å². The Morgan fingerprint density at radius 3 is 2.53 bits per heavy atom. The zero-order chi connectivity index (χ0) is 13.5. The summed E-state index contributed by atoms with van der Waals surface area (Å²) in [6.07, 6.45) is -4.57. The van der Waals surface area contributed by atoms with Gasteiger partial charge >= 0.3 is 11.7 Å². The van der Waals surface area contributed by atoms with E-state index in [2.05, 4.69) is 9.97 Å². The number of alkyl halides is 3. The third-order valence-electron chi connectivity index (χ3n) is 2.39. The van der Waals surface area contributed by atoms with Crippen LogP contribution in [0.15, 0.2) is 16.9 Å². The van der Waals surface area contributed by atoms with Crippen molar-refractivity contribution in [3.8, 4) is 0 Å². The van der Waals surface area contributed by atoms with E-state index in [-0.39, 0.29) is 29.3 Å². The highest BCUT2D eigenvalue weighted by Crippen LogP contribution is 2.36. The summed E-state index contributed by atoms with van der Waals surface area (Å²) in [5.74, 6) is 0.137. The summed E-state index contributed by atoms with van der Waals surface area (Å²) >= 11 is 5.56. The third kappa shape index (κ3) is 2.99. The van der Waals surface area contributed by atoms with E-state index in [1.807, 2.05) is 0 Å². The van der Waals surface area contributed by atoms with Crippen LogP contribution in [-0.4, -0.2) is 17.0 Å². The molecule has 0 aliphatic carbocycles. The Kier molecular flexibility index (Phi) is 4.44. The molecule has 0 aliphatic rings. The van der Waals surface area contributed by atoms with E-state index < -0.39 is 22.3 Å². The lowest BCUT2D eigenvalue weighted by Gasteiger charge is -2.09. The van der Waals surface area contributed by atoms with E-state index in [1.54, 1.807) is 7.05 Å². The van der Waals surface area contributed by atoms with Crippen molar-refractivity contribution in [1.82, 2.24) is 9.97 Å². The van der Waals surface area contributed by atoms with Crippen LogP contribution >= 0.6 is 11.6 Å². The second-order valence-electron chi connectivity index (χ2n) is 3.59. The molecule has 0 aliphatic heterocycles. The summed E-state index contributed by atoms with van der Waals surface area (Å²) < 4.78 is 37.9. The normalized spacial score (nSPS) is 11.4. The van der Waals surface area contributed by atoms with Crippen LogP contribution in [0.4, 0.5) is 19.0 Å². The molecule has 0 bridgehead atoms. The third-order valence-corrected chi connectivity index (χ3v) is 2.70. The average Bonchev–Trinajstić information content (AvgIpc) is 2.26. The number of nitrogens with zero attached hydrogens (tertiary/aromatic N) is 1. The van der Waals surface area contributed by atoms with Gasteiger partial charge in [0.05, 0.1) is 28.7 Å². The number of hydrogen-bond acceptors (Lipinski definition) is 2. The summed E-state index contributed by atoms with van der Waals surface area (Å²) in [5, 5.41) is 1.01. The Balaban J connectivity index is 0.00000180. The smallest absolute Gasteiger partial charge is 0.417 e. The van der Waals surface area contributed by atoms with Crippen LogP contribution in [0.3, 0.4) is 0 Å². The van der Waals surface area contributed by atoms with Gasteiger partial charge in [-0.3, -0.25) is 10.1 Å². The maximum absolute atomic E-state index is 12.6. The van der Waals surface area contributed by atoms with Gasteiger partial charge in [0.2, 0.25) is 0 Å². The number of benzene rings is 1. The van der Waals surface area contributed by atoms with Crippen molar-refractivity contribution in [3.63, 3.8) is 0 Å². The van der Waals surface area contributed by atoms with Gasteiger partial charge in [0.25, 0.3) is 5.82 Å². The molecule has 1 aromatic heterocycles. The molecule has 3 N–H and O–H groups in total. The average molecular weight is 314 g/mol. The Hall–Kier alpha value is -1.31. The minimum absolute atomic E-state index is 0. The predicted octanol–water partition coefficient (Wildman–Crippen LogP) is -1.58. The number of hydrogen-bond donors (Lipinski definition) is 2. The highest BCUT2D eigenvalue weighted by atomic mass is 35.5. The Labute approximate surface area is 116 Å². The molecule has 0 saturated carbocycles. The van der Waals surface area contributed by atoms with Gasteiger partial charge in [0.1, 0.15) is 0 Å². The molecule has 0 atom stereocenters. The lowest BCUT2D eigenvalue weighted by molar-refractivity contribution is -0.544. The van der Waals surface area contributed by atoms with Gasteiger partial charge in [-0.25, -0.2) is 0 Å². The van der Waals surface area contributed by atoms with Gasteiger partial charge < -0.3 is 17.4 Å². The van der Waals surface area contributed by atoms with Crippen LogP contribution in [0.1, 0.15) is 5.56 Å². The number of aromatic nitrogens is 2. The number of halogens is 5. The number of fused-ring (bicyclic) bond motifs is 1. The fraction of sp³-hybridized carbons (Fsp3) is 0.200. The fourth-order valence-corrected chi connectivity index (χ4v) is 1.80. The molecule has 19 heavy (non-hydrogen) atoms. The maximum Gasteiger partial charge on any atom is 0.417 e. The summed E-state index contributed by atoms with van der Waals surface area (Å²) in [5.41, 5.74) is -1.33. The van der Waals surface area contributed by atoms with E-state index in [0.717, 1.165) is 12.1 Å². The molecular formula is C10H8Cl2F3N3O. The van der Waals surface area contributed by atoms with E-state index >= 15 is 0 Å². The number of aromatic amines is 1. The lowest BCUT2D eigenvalue weighted by atomic mass is 10.2. The Bertz CT molecular complexity index is 669. The van der Waals surface area contributed by atoms with Crippen LogP contribution in [0.25, 0.3) is 11.0 Å². The zero-order valence-electron chi connectivity index (χ0n) is 9.48. The molecule has 0 fully saturated rings. The summed E-state index contributed by atoms with van der Waals surface area (Å²) in [4.78, 5) is 17.7. The molecule has 0 spiro atoms. The predicted molar refractivity (Wildman–Crippen MR) is 59.9 cm³/mol. The maximum atomic E-state index is 12.6. The van der Waals surface area contributed by atoms with Crippen LogP contribution in [-0.2, 0) is 6.18 Å². The number of nitrogens with one attached hydrogen (secondary N) is 1.